The Morgan fingerprint density at radius 3 is 2.67 bits per heavy atom. The highest BCUT2D eigenvalue weighted by Gasteiger charge is 2.07. The van der Waals surface area contributed by atoms with Crippen molar-refractivity contribution >= 4 is 12.2 Å². The van der Waals surface area contributed by atoms with Crippen LogP contribution in [0.15, 0.2) is 12.3 Å². The zero-order valence-corrected chi connectivity index (χ0v) is 9.00. The van der Waals surface area contributed by atoms with E-state index in [0.29, 0.717) is 18.8 Å². The lowest BCUT2D eigenvalue weighted by Crippen LogP contribution is -2.15. The van der Waals surface area contributed by atoms with Gasteiger partial charge in [-0.25, -0.2) is 4.98 Å². The molecule has 82 valence electrons. The van der Waals surface area contributed by atoms with E-state index in [-0.39, 0.29) is 0 Å². The maximum absolute atomic E-state index is 10.4. The van der Waals surface area contributed by atoms with Gasteiger partial charge in [-0.15, -0.1) is 0 Å². The van der Waals surface area contributed by atoms with Crippen molar-refractivity contribution in [1.29, 1.82) is 0 Å². The van der Waals surface area contributed by atoms with Crippen LogP contribution in [-0.4, -0.2) is 25.5 Å². The number of pyridine rings is 1. The lowest BCUT2D eigenvalue weighted by atomic mass is 10.1. The molecule has 0 saturated heterocycles. The molecule has 1 rings (SSSR count). The van der Waals surface area contributed by atoms with Crippen molar-refractivity contribution in [2.45, 2.75) is 13.1 Å². The van der Waals surface area contributed by atoms with Crippen molar-refractivity contribution in [2.24, 2.45) is 0 Å². The number of hydrogen-bond donors (Lipinski definition) is 3. The van der Waals surface area contributed by atoms with Gasteiger partial charge in [0.15, 0.2) is 0 Å². The van der Waals surface area contributed by atoms with Crippen LogP contribution in [-0.2, 0) is 17.9 Å². The maximum Gasteiger partial charge on any atom is 0.212 e. The fourth-order valence-corrected chi connectivity index (χ4v) is 1.44. The Labute approximate surface area is 89.3 Å². The van der Waals surface area contributed by atoms with Gasteiger partial charge in [0.05, 0.1) is 0 Å². The SMILES string of the molecule is CNCc1ccnc(NC=O)c1CNC. The predicted octanol–water partition coefficient (Wildman–Crippen LogP) is 0.0887. The van der Waals surface area contributed by atoms with Crippen molar-refractivity contribution < 1.29 is 4.79 Å². The molecule has 1 amide bonds. The van der Waals surface area contributed by atoms with Crippen molar-refractivity contribution in [3.05, 3.63) is 23.4 Å². The summed E-state index contributed by atoms with van der Waals surface area (Å²) in [5.74, 6) is 0.618. The number of amides is 1. The van der Waals surface area contributed by atoms with Crippen LogP contribution in [0.1, 0.15) is 11.1 Å². The van der Waals surface area contributed by atoms with Crippen LogP contribution in [0.4, 0.5) is 5.82 Å². The molecule has 0 fully saturated rings. The minimum Gasteiger partial charge on any atom is -0.316 e. The maximum atomic E-state index is 10.4. The lowest BCUT2D eigenvalue weighted by molar-refractivity contribution is -0.105. The van der Waals surface area contributed by atoms with Gasteiger partial charge in [-0.3, -0.25) is 4.79 Å². The van der Waals surface area contributed by atoms with Crippen molar-refractivity contribution in [3.8, 4) is 0 Å². The molecule has 0 aliphatic carbocycles. The summed E-state index contributed by atoms with van der Waals surface area (Å²) in [6.07, 6.45) is 2.34. The Morgan fingerprint density at radius 2 is 2.07 bits per heavy atom. The Morgan fingerprint density at radius 1 is 1.33 bits per heavy atom. The quantitative estimate of drug-likeness (QED) is 0.580. The summed E-state index contributed by atoms with van der Waals surface area (Å²) in [4.78, 5) is 14.5. The molecule has 3 N–H and O–H groups in total. The molecule has 0 aliphatic heterocycles. The summed E-state index contributed by atoms with van der Waals surface area (Å²) >= 11 is 0. The monoisotopic (exact) mass is 208 g/mol. The average Bonchev–Trinajstić information content (AvgIpc) is 2.23. The molecular formula is C10H16N4O. The molecule has 0 unspecified atom stereocenters. The first kappa shape index (κ1) is 11.6. The van der Waals surface area contributed by atoms with E-state index in [1.165, 1.54) is 0 Å². The van der Waals surface area contributed by atoms with Gasteiger partial charge in [0.25, 0.3) is 0 Å². The highest BCUT2D eigenvalue weighted by molar-refractivity contribution is 5.71. The summed E-state index contributed by atoms with van der Waals surface area (Å²) in [5, 5.41) is 8.74. The molecule has 0 saturated carbocycles. The van der Waals surface area contributed by atoms with Gasteiger partial charge in [-0.2, -0.15) is 0 Å². The Hall–Kier alpha value is -1.46. The summed E-state index contributed by atoms with van der Waals surface area (Å²) < 4.78 is 0. The third kappa shape index (κ3) is 3.00. The van der Waals surface area contributed by atoms with Crippen LogP contribution in [0.25, 0.3) is 0 Å². The number of anilines is 1. The molecule has 0 spiro atoms. The third-order valence-electron chi connectivity index (χ3n) is 2.07. The fraction of sp³-hybridized carbons (Fsp3) is 0.400. The average molecular weight is 208 g/mol. The third-order valence-corrected chi connectivity index (χ3v) is 2.07. The standard InChI is InChI=1S/C10H16N4O/c1-11-5-8-3-4-13-10(14-7-15)9(8)6-12-2/h3-4,7,11-12H,5-6H2,1-2H3,(H,13,14,15). The minimum atomic E-state index is 0.618. The highest BCUT2D eigenvalue weighted by atomic mass is 16.1. The van der Waals surface area contributed by atoms with Gasteiger partial charge >= 0.3 is 0 Å². The molecule has 0 aliphatic rings. The Kier molecular flexibility index (Phi) is 4.73. The second-order valence-corrected chi connectivity index (χ2v) is 3.12. The summed E-state index contributed by atoms with van der Waals surface area (Å²) in [6, 6.07) is 1.94. The van der Waals surface area contributed by atoms with Gasteiger partial charge < -0.3 is 16.0 Å². The van der Waals surface area contributed by atoms with E-state index >= 15 is 0 Å². The summed E-state index contributed by atoms with van der Waals surface area (Å²) in [5.41, 5.74) is 2.15. The van der Waals surface area contributed by atoms with Crippen molar-refractivity contribution in [2.75, 3.05) is 19.4 Å². The Bertz CT molecular complexity index is 327. The fourth-order valence-electron chi connectivity index (χ4n) is 1.44. The molecule has 0 aromatic carbocycles. The molecule has 0 radical (unpaired) electrons. The van der Waals surface area contributed by atoms with Gasteiger partial charge in [0.1, 0.15) is 5.82 Å². The van der Waals surface area contributed by atoms with E-state index in [1.807, 2.05) is 20.2 Å². The first-order chi connectivity index (χ1) is 7.33. The van der Waals surface area contributed by atoms with Crippen LogP contribution in [0.2, 0.25) is 0 Å². The molecular weight excluding hydrogens is 192 g/mol. The van der Waals surface area contributed by atoms with E-state index in [4.69, 9.17) is 0 Å². The van der Waals surface area contributed by atoms with E-state index in [1.54, 1.807) is 6.20 Å². The van der Waals surface area contributed by atoms with Gasteiger partial charge in [0.2, 0.25) is 6.41 Å². The smallest absolute Gasteiger partial charge is 0.212 e. The lowest BCUT2D eigenvalue weighted by Gasteiger charge is -2.12. The molecule has 1 aromatic rings. The number of rotatable bonds is 6. The van der Waals surface area contributed by atoms with Gasteiger partial charge in [0, 0.05) is 24.8 Å². The van der Waals surface area contributed by atoms with E-state index in [9.17, 15) is 4.79 Å². The number of aromatic nitrogens is 1. The van der Waals surface area contributed by atoms with E-state index < -0.39 is 0 Å². The zero-order chi connectivity index (χ0) is 11.1. The Balaban J connectivity index is 3.02. The molecule has 1 heterocycles. The van der Waals surface area contributed by atoms with Crippen LogP contribution >= 0.6 is 0 Å². The molecule has 0 bridgehead atoms. The van der Waals surface area contributed by atoms with E-state index in [2.05, 4.69) is 20.9 Å². The predicted molar refractivity (Wildman–Crippen MR) is 59.5 cm³/mol. The van der Waals surface area contributed by atoms with Crippen molar-refractivity contribution in [1.82, 2.24) is 15.6 Å². The minimum absolute atomic E-state index is 0.618. The normalized spacial score (nSPS) is 10.0. The molecule has 5 nitrogen and oxygen atoms in total. The molecule has 1 aromatic heterocycles. The number of carbonyl (C=O) groups is 1. The van der Waals surface area contributed by atoms with Crippen LogP contribution in [0.5, 0.6) is 0 Å². The van der Waals surface area contributed by atoms with Gasteiger partial charge in [-0.05, 0) is 25.7 Å². The molecule has 15 heavy (non-hydrogen) atoms. The van der Waals surface area contributed by atoms with Crippen molar-refractivity contribution in [3.63, 3.8) is 0 Å². The highest BCUT2D eigenvalue weighted by Crippen LogP contribution is 2.16. The van der Waals surface area contributed by atoms with Gasteiger partial charge in [-0.1, -0.05) is 0 Å². The molecule has 5 heteroatoms. The second-order valence-electron chi connectivity index (χ2n) is 3.12. The largest absolute Gasteiger partial charge is 0.316 e. The molecule has 0 atom stereocenters. The number of carbonyl (C=O) groups excluding carboxylic acids is 1. The van der Waals surface area contributed by atoms with Crippen LogP contribution < -0.4 is 16.0 Å². The summed E-state index contributed by atoms with van der Waals surface area (Å²) in [6.45, 7) is 1.44. The van der Waals surface area contributed by atoms with E-state index in [0.717, 1.165) is 17.7 Å². The van der Waals surface area contributed by atoms with Crippen LogP contribution in [0, 0.1) is 0 Å². The number of nitrogens with one attached hydrogen (secondary N) is 3. The topological polar surface area (TPSA) is 66.0 Å². The zero-order valence-electron chi connectivity index (χ0n) is 9.00. The summed E-state index contributed by atoms with van der Waals surface area (Å²) in [7, 11) is 3.75. The number of hydrogen-bond acceptors (Lipinski definition) is 4. The number of nitrogens with zero attached hydrogens (tertiary/aromatic N) is 1. The van der Waals surface area contributed by atoms with Crippen LogP contribution in [0.3, 0.4) is 0 Å². The first-order valence-electron chi connectivity index (χ1n) is 4.79. The second kappa shape index (κ2) is 6.10. The first-order valence-corrected chi connectivity index (χ1v) is 4.79.